The molecule has 1 rings (SSSR count). The monoisotopic (exact) mass is 263 g/mol. The molecule has 0 aliphatic heterocycles. The van der Waals surface area contributed by atoms with Gasteiger partial charge < -0.3 is 10.1 Å². The Labute approximate surface area is 118 Å². The molecule has 0 bridgehead atoms. The van der Waals surface area contributed by atoms with Gasteiger partial charge in [0.2, 0.25) is 0 Å². The Morgan fingerprint density at radius 2 is 1.84 bits per heavy atom. The summed E-state index contributed by atoms with van der Waals surface area (Å²) in [4.78, 5) is 0. The number of unbranched alkanes of at least 4 members (excludes halogenated alkanes) is 2. The average Bonchev–Trinajstić information content (AvgIpc) is 2.39. The zero-order valence-electron chi connectivity index (χ0n) is 12.9. The van der Waals surface area contributed by atoms with E-state index in [0.29, 0.717) is 12.1 Å². The first-order valence-electron chi connectivity index (χ1n) is 7.55. The van der Waals surface area contributed by atoms with Crippen molar-refractivity contribution in [3.8, 4) is 5.75 Å². The Bertz CT molecular complexity index is 351. The van der Waals surface area contributed by atoms with Gasteiger partial charge in [0, 0.05) is 12.1 Å². The lowest BCUT2D eigenvalue weighted by molar-refractivity contribution is 0.398. The maximum absolute atomic E-state index is 5.40. The minimum Gasteiger partial charge on any atom is -0.496 e. The maximum Gasteiger partial charge on any atom is 0.122 e. The van der Waals surface area contributed by atoms with E-state index in [4.69, 9.17) is 4.74 Å². The van der Waals surface area contributed by atoms with Crippen LogP contribution in [0.15, 0.2) is 24.3 Å². The van der Waals surface area contributed by atoms with Crippen LogP contribution in [0.4, 0.5) is 0 Å². The number of hydrogen-bond acceptors (Lipinski definition) is 2. The summed E-state index contributed by atoms with van der Waals surface area (Å²) in [7, 11) is 1.74. The summed E-state index contributed by atoms with van der Waals surface area (Å²) in [5, 5.41) is 3.68. The molecule has 0 aliphatic carbocycles. The van der Waals surface area contributed by atoms with Crippen LogP contribution < -0.4 is 10.1 Å². The fourth-order valence-electron chi connectivity index (χ4n) is 2.53. The van der Waals surface area contributed by atoms with Gasteiger partial charge in [-0.05, 0) is 38.3 Å². The maximum atomic E-state index is 5.40. The van der Waals surface area contributed by atoms with Gasteiger partial charge in [-0.25, -0.2) is 0 Å². The van der Waals surface area contributed by atoms with Crippen LogP contribution in [0.5, 0.6) is 5.75 Å². The molecule has 0 aliphatic rings. The third-order valence-electron chi connectivity index (χ3n) is 3.53. The Balaban J connectivity index is 2.39. The van der Waals surface area contributed by atoms with Gasteiger partial charge in [0.15, 0.2) is 0 Å². The van der Waals surface area contributed by atoms with Crippen molar-refractivity contribution in [2.24, 2.45) is 0 Å². The zero-order valence-corrected chi connectivity index (χ0v) is 12.9. The Hall–Kier alpha value is -1.02. The van der Waals surface area contributed by atoms with Gasteiger partial charge in [-0.3, -0.25) is 0 Å². The van der Waals surface area contributed by atoms with Gasteiger partial charge in [0.1, 0.15) is 5.75 Å². The van der Waals surface area contributed by atoms with Crippen molar-refractivity contribution < 1.29 is 4.74 Å². The molecule has 0 fully saturated rings. The summed E-state index contributed by atoms with van der Waals surface area (Å²) in [5.41, 5.74) is 1.28. The molecule has 108 valence electrons. The predicted octanol–water partition coefficient (Wildman–Crippen LogP) is 4.18. The first-order valence-corrected chi connectivity index (χ1v) is 7.55. The molecule has 1 N–H and O–H groups in total. The van der Waals surface area contributed by atoms with E-state index in [9.17, 15) is 0 Å². The molecule has 19 heavy (non-hydrogen) atoms. The lowest BCUT2D eigenvalue weighted by Gasteiger charge is -2.21. The molecule has 0 amide bonds. The second-order valence-corrected chi connectivity index (χ2v) is 5.48. The third-order valence-corrected chi connectivity index (χ3v) is 3.53. The van der Waals surface area contributed by atoms with Gasteiger partial charge in [0.05, 0.1) is 7.11 Å². The topological polar surface area (TPSA) is 21.3 Å². The van der Waals surface area contributed by atoms with E-state index in [-0.39, 0.29) is 0 Å². The highest BCUT2D eigenvalue weighted by molar-refractivity contribution is 5.33. The summed E-state index contributed by atoms with van der Waals surface area (Å²) in [5.74, 6) is 0.995. The molecule has 2 heteroatoms. The van der Waals surface area contributed by atoms with Crippen molar-refractivity contribution in [2.75, 3.05) is 7.11 Å². The fraction of sp³-hybridized carbons (Fsp3) is 0.647. The van der Waals surface area contributed by atoms with Crippen LogP contribution in [0.2, 0.25) is 0 Å². The van der Waals surface area contributed by atoms with E-state index in [0.717, 1.165) is 12.2 Å². The second-order valence-electron chi connectivity index (χ2n) is 5.48. The number of methoxy groups -OCH3 is 1. The van der Waals surface area contributed by atoms with Crippen LogP contribution in [0.3, 0.4) is 0 Å². The Kier molecular flexibility index (Phi) is 7.57. The Morgan fingerprint density at radius 1 is 1.11 bits per heavy atom. The van der Waals surface area contributed by atoms with E-state index in [1.54, 1.807) is 7.11 Å². The second kappa shape index (κ2) is 8.98. The van der Waals surface area contributed by atoms with Crippen molar-refractivity contribution in [1.82, 2.24) is 5.32 Å². The van der Waals surface area contributed by atoms with Crippen LogP contribution in [0, 0.1) is 0 Å². The van der Waals surface area contributed by atoms with E-state index < -0.39 is 0 Å². The standard InChI is InChI=1S/C17H29NO/c1-5-6-7-10-14(2)18-15(3)13-16-11-8-9-12-17(16)19-4/h8-9,11-12,14-15,18H,5-7,10,13H2,1-4H3. The minimum atomic E-state index is 0.480. The SMILES string of the molecule is CCCCCC(C)NC(C)Cc1ccccc1OC. The van der Waals surface area contributed by atoms with Crippen molar-refractivity contribution in [2.45, 2.75) is 65.0 Å². The minimum absolute atomic E-state index is 0.480. The number of benzene rings is 1. The van der Waals surface area contributed by atoms with Crippen molar-refractivity contribution in [3.63, 3.8) is 0 Å². The van der Waals surface area contributed by atoms with E-state index in [1.165, 1.54) is 31.2 Å². The highest BCUT2D eigenvalue weighted by atomic mass is 16.5. The van der Waals surface area contributed by atoms with Gasteiger partial charge >= 0.3 is 0 Å². The number of nitrogens with one attached hydrogen (secondary N) is 1. The van der Waals surface area contributed by atoms with E-state index in [1.807, 2.05) is 12.1 Å². The number of hydrogen-bond donors (Lipinski definition) is 1. The normalized spacial score (nSPS) is 14.1. The molecule has 0 aromatic heterocycles. The molecule has 0 spiro atoms. The molecule has 0 heterocycles. The van der Waals surface area contributed by atoms with Gasteiger partial charge in [-0.15, -0.1) is 0 Å². The molecule has 0 radical (unpaired) electrons. The number of para-hydroxylation sites is 1. The summed E-state index contributed by atoms with van der Waals surface area (Å²) in [6.45, 7) is 6.79. The van der Waals surface area contributed by atoms with Crippen molar-refractivity contribution in [3.05, 3.63) is 29.8 Å². The molecule has 1 aromatic rings. The molecular weight excluding hydrogens is 234 g/mol. The molecule has 1 aromatic carbocycles. The highest BCUT2D eigenvalue weighted by Crippen LogP contribution is 2.19. The van der Waals surface area contributed by atoms with Crippen molar-refractivity contribution in [1.29, 1.82) is 0 Å². The summed E-state index contributed by atoms with van der Waals surface area (Å²) in [6, 6.07) is 9.36. The zero-order chi connectivity index (χ0) is 14.1. The summed E-state index contributed by atoms with van der Waals surface area (Å²) < 4.78 is 5.40. The Morgan fingerprint density at radius 3 is 2.53 bits per heavy atom. The highest BCUT2D eigenvalue weighted by Gasteiger charge is 2.10. The largest absolute Gasteiger partial charge is 0.496 e. The van der Waals surface area contributed by atoms with Crippen LogP contribution >= 0.6 is 0 Å². The average molecular weight is 263 g/mol. The fourth-order valence-corrected chi connectivity index (χ4v) is 2.53. The van der Waals surface area contributed by atoms with E-state index in [2.05, 4.69) is 38.2 Å². The van der Waals surface area contributed by atoms with Crippen LogP contribution in [0.1, 0.15) is 52.0 Å². The van der Waals surface area contributed by atoms with Crippen LogP contribution in [0.25, 0.3) is 0 Å². The summed E-state index contributed by atoms with van der Waals surface area (Å²) in [6.07, 6.45) is 6.24. The molecule has 2 unspecified atom stereocenters. The lowest BCUT2D eigenvalue weighted by atomic mass is 10.0. The molecular formula is C17H29NO. The van der Waals surface area contributed by atoms with E-state index >= 15 is 0 Å². The van der Waals surface area contributed by atoms with Gasteiger partial charge in [0.25, 0.3) is 0 Å². The van der Waals surface area contributed by atoms with Crippen LogP contribution in [-0.2, 0) is 6.42 Å². The van der Waals surface area contributed by atoms with Gasteiger partial charge in [-0.1, -0.05) is 44.4 Å². The quantitative estimate of drug-likeness (QED) is 0.675. The number of rotatable bonds is 9. The van der Waals surface area contributed by atoms with Crippen molar-refractivity contribution >= 4 is 0 Å². The molecule has 0 saturated heterocycles. The predicted molar refractivity (Wildman–Crippen MR) is 82.9 cm³/mol. The first-order chi connectivity index (χ1) is 9.17. The lowest BCUT2D eigenvalue weighted by Crippen LogP contribution is -2.35. The number of ether oxygens (including phenoxy) is 1. The molecule has 0 saturated carbocycles. The molecule has 2 atom stereocenters. The first kappa shape index (κ1) is 16.0. The smallest absolute Gasteiger partial charge is 0.122 e. The molecule has 2 nitrogen and oxygen atoms in total. The van der Waals surface area contributed by atoms with Gasteiger partial charge in [-0.2, -0.15) is 0 Å². The van der Waals surface area contributed by atoms with Crippen LogP contribution in [-0.4, -0.2) is 19.2 Å². The summed E-state index contributed by atoms with van der Waals surface area (Å²) >= 11 is 0. The third kappa shape index (κ3) is 6.11.